The number of aryl methyl sites for hydroxylation is 1. The van der Waals surface area contributed by atoms with Gasteiger partial charge in [-0.1, -0.05) is 42.5 Å². The highest BCUT2D eigenvalue weighted by Gasteiger charge is 2.05. The Morgan fingerprint density at radius 2 is 1.52 bits per heavy atom. The Labute approximate surface area is 179 Å². The summed E-state index contributed by atoms with van der Waals surface area (Å²) in [6, 6.07) is 18.1. The zero-order valence-corrected chi connectivity index (χ0v) is 18.1. The molecule has 0 saturated heterocycles. The summed E-state index contributed by atoms with van der Waals surface area (Å²) in [6.07, 6.45) is 3.75. The summed E-state index contributed by atoms with van der Waals surface area (Å²) in [5.74, 6) is 0. The fourth-order valence-electron chi connectivity index (χ4n) is 3.47. The highest BCUT2D eigenvalue weighted by Crippen LogP contribution is 2.05. The summed E-state index contributed by atoms with van der Waals surface area (Å²) < 4.78 is 1.73. The predicted molar refractivity (Wildman–Crippen MR) is 123 cm³/mol. The van der Waals surface area contributed by atoms with E-state index < -0.39 is 0 Å². The van der Waals surface area contributed by atoms with Crippen LogP contribution in [0.25, 0.3) is 10.9 Å². The van der Waals surface area contributed by atoms with Crippen molar-refractivity contribution in [2.45, 2.75) is 25.9 Å². The van der Waals surface area contributed by atoms with E-state index in [2.05, 4.69) is 59.2 Å². The lowest BCUT2D eigenvalue weighted by atomic mass is 10.2. The number of nitrogens with zero attached hydrogens (tertiary/aromatic N) is 4. The van der Waals surface area contributed by atoms with Crippen LogP contribution in [0.2, 0.25) is 0 Å². The molecule has 1 aromatic heterocycles. The van der Waals surface area contributed by atoms with Crippen LogP contribution >= 0.6 is 12.4 Å². The highest BCUT2D eigenvalue weighted by molar-refractivity contribution is 5.85. The number of hydrogen-bond donors (Lipinski definition) is 0. The fourth-order valence-corrected chi connectivity index (χ4v) is 3.47. The van der Waals surface area contributed by atoms with Gasteiger partial charge in [0.1, 0.15) is 0 Å². The summed E-state index contributed by atoms with van der Waals surface area (Å²) in [6.45, 7) is 4.80. The molecule has 3 aromatic rings. The zero-order valence-electron chi connectivity index (χ0n) is 17.3. The number of rotatable bonds is 10. The maximum absolute atomic E-state index is 12.5. The molecule has 0 unspecified atom stereocenters. The second-order valence-electron chi connectivity index (χ2n) is 7.49. The number of aromatic nitrogens is 2. The van der Waals surface area contributed by atoms with E-state index in [9.17, 15) is 4.79 Å². The van der Waals surface area contributed by atoms with Crippen molar-refractivity contribution in [1.82, 2.24) is 19.4 Å². The summed E-state index contributed by atoms with van der Waals surface area (Å²) >= 11 is 0. The topological polar surface area (TPSA) is 41.4 Å². The normalized spacial score (nSPS) is 11.2. The van der Waals surface area contributed by atoms with Gasteiger partial charge in [-0.3, -0.25) is 9.36 Å². The van der Waals surface area contributed by atoms with Crippen LogP contribution in [0.15, 0.2) is 65.7 Å². The fraction of sp³-hybridized carbons (Fsp3) is 0.391. The van der Waals surface area contributed by atoms with E-state index in [0.29, 0.717) is 11.9 Å². The molecule has 0 spiro atoms. The molecule has 156 valence electrons. The van der Waals surface area contributed by atoms with E-state index in [4.69, 9.17) is 0 Å². The van der Waals surface area contributed by atoms with Gasteiger partial charge in [0.2, 0.25) is 0 Å². The van der Waals surface area contributed by atoms with Gasteiger partial charge in [-0.05, 0) is 64.3 Å². The molecule has 0 atom stereocenters. The van der Waals surface area contributed by atoms with Crippen molar-refractivity contribution in [3.8, 4) is 0 Å². The van der Waals surface area contributed by atoms with E-state index in [1.807, 2.05) is 24.3 Å². The largest absolute Gasteiger partial charge is 0.306 e. The molecule has 0 amide bonds. The van der Waals surface area contributed by atoms with Crippen LogP contribution in [-0.2, 0) is 13.1 Å². The molecule has 3 rings (SSSR count). The lowest BCUT2D eigenvalue weighted by Crippen LogP contribution is -2.28. The first kappa shape index (κ1) is 23.1. The van der Waals surface area contributed by atoms with Crippen LogP contribution in [0, 0.1) is 0 Å². The Morgan fingerprint density at radius 3 is 2.31 bits per heavy atom. The number of benzene rings is 2. The van der Waals surface area contributed by atoms with Crippen LogP contribution in [0.5, 0.6) is 0 Å². The quantitative estimate of drug-likeness (QED) is 0.507. The third-order valence-electron chi connectivity index (χ3n) is 5.05. The van der Waals surface area contributed by atoms with Gasteiger partial charge in [0.25, 0.3) is 5.56 Å². The van der Waals surface area contributed by atoms with Gasteiger partial charge >= 0.3 is 0 Å². The van der Waals surface area contributed by atoms with Gasteiger partial charge < -0.3 is 9.80 Å². The van der Waals surface area contributed by atoms with E-state index in [-0.39, 0.29) is 18.0 Å². The first-order valence-corrected chi connectivity index (χ1v) is 9.98. The van der Waals surface area contributed by atoms with E-state index in [0.717, 1.165) is 44.5 Å². The van der Waals surface area contributed by atoms with Gasteiger partial charge in [-0.15, -0.1) is 12.4 Å². The van der Waals surface area contributed by atoms with Crippen molar-refractivity contribution in [3.63, 3.8) is 0 Å². The first-order valence-electron chi connectivity index (χ1n) is 9.98. The Bertz CT molecular complexity index is 929. The van der Waals surface area contributed by atoms with Crippen molar-refractivity contribution in [2.75, 3.05) is 33.7 Å². The summed E-state index contributed by atoms with van der Waals surface area (Å²) in [5.41, 5.74) is 2.17. The molecule has 0 fully saturated rings. The molecule has 0 N–H and O–H groups in total. The molecule has 5 nitrogen and oxygen atoms in total. The van der Waals surface area contributed by atoms with Gasteiger partial charge in [-0.2, -0.15) is 0 Å². The average Bonchev–Trinajstić information content (AvgIpc) is 2.71. The van der Waals surface area contributed by atoms with Crippen LogP contribution < -0.4 is 5.56 Å². The molecule has 0 aliphatic rings. The first-order chi connectivity index (χ1) is 13.6. The Morgan fingerprint density at radius 1 is 0.862 bits per heavy atom. The highest BCUT2D eigenvalue weighted by atomic mass is 35.5. The van der Waals surface area contributed by atoms with Crippen molar-refractivity contribution < 1.29 is 0 Å². The average molecular weight is 415 g/mol. The van der Waals surface area contributed by atoms with Crippen LogP contribution in [-0.4, -0.2) is 53.1 Å². The van der Waals surface area contributed by atoms with Gasteiger partial charge in [0.05, 0.1) is 17.2 Å². The van der Waals surface area contributed by atoms with Gasteiger partial charge in [0.15, 0.2) is 0 Å². The SMILES string of the molecule is CN(CCCN(C)Cc1ccccc1)CCCn1cnc2ccccc2c1=O.Cl. The van der Waals surface area contributed by atoms with Crippen molar-refractivity contribution in [2.24, 2.45) is 0 Å². The maximum Gasteiger partial charge on any atom is 0.261 e. The van der Waals surface area contributed by atoms with Gasteiger partial charge in [0, 0.05) is 13.1 Å². The lowest BCUT2D eigenvalue weighted by molar-refractivity contribution is 0.269. The number of hydrogen-bond acceptors (Lipinski definition) is 4. The number of halogens is 1. The molecule has 1 heterocycles. The molecule has 2 aromatic carbocycles. The predicted octanol–water partition coefficient (Wildman–Crippen LogP) is 3.66. The zero-order chi connectivity index (χ0) is 19.8. The van der Waals surface area contributed by atoms with Crippen molar-refractivity contribution in [3.05, 3.63) is 76.8 Å². The van der Waals surface area contributed by atoms with E-state index in [1.54, 1.807) is 10.9 Å². The number of fused-ring (bicyclic) bond motifs is 1. The molecule has 0 aliphatic carbocycles. The summed E-state index contributed by atoms with van der Waals surface area (Å²) in [4.78, 5) is 21.6. The summed E-state index contributed by atoms with van der Waals surface area (Å²) in [7, 11) is 4.32. The minimum Gasteiger partial charge on any atom is -0.306 e. The smallest absolute Gasteiger partial charge is 0.261 e. The third-order valence-corrected chi connectivity index (χ3v) is 5.05. The molecule has 0 bridgehead atoms. The second kappa shape index (κ2) is 11.7. The number of para-hydroxylation sites is 1. The summed E-state index contributed by atoms with van der Waals surface area (Å²) in [5, 5.41) is 0.694. The van der Waals surface area contributed by atoms with E-state index in [1.165, 1.54) is 5.56 Å². The molecule has 6 heteroatoms. The third kappa shape index (κ3) is 6.96. The van der Waals surface area contributed by atoms with Crippen LogP contribution in [0.1, 0.15) is 18.4 Å². The lowest BCUT2D eigenvalue weighted by Gasteiger charge is -2.20. The Balaban J connectivity index is 0.00000300. The molecular formula is C23H31ClN4O. The Kier molecular flexibility index (Phi) is 9.32. The van der Waals surface area contributed by atoms with Crippen molar-refractivity contribution >= 4 is 23.3 Å². The minimum absolute atomic E-state index is 0. The molecule has 0 radical (unpaired) electrons. The molecule has 29 heavy (non-hydrogen) atoms. The second-order valence-corrected chi connectivity index (χ2v) is 7.49. The monoisotopic (exact) mass is 414 g/mol. The molecule has 0 aliphatic heterocycles. The van der Waals surface area contributed by atoms with Crippen molar-refractivity contribution in [1.29, 1.82) is 0 Å². The minimum atomic E-state index is 0. The molecular weight excluding hydrogens is 384 g/mol. The van der Waals surface area contributed by atoms with Gasteiger partial charge in [-0.25, -0.2) is 4.98 Å². The van der Waals surface area contributed by atoms with Crippen LogP contribution in [0.4, 0.5) is 0 Å². The maximum atomic E-state index is 12.5. The van der Waals surface area contributed by atoms with Crippen LogP contribution in [0.3, 0.4) is 0 Å². The molecule has 0 saturated carbocycles. The van der Waals surface area contributed by atoms with E-state index >= 15 is 0 Å². The Hall–Kier alpha value is -2.21. The standard InChI is InChI=1S/C23H30N4O.ClH/c1-25(14-8-16-26(2)18-20-10-4-3-5-11-20)15-9-17-27-19-24-22-13-7-6-12-21(22)23(27)28;/h3-7,10-13,19H,8-9,14-18H2,1-2H3;1H.